The van der Waals surface area contributed by atoms with Crippen molar-refractivity contribution >= 4 is 11.6 Å². The third-order valence-electron chi connectivity index (χ3n) is 3.08. The third kappa shape index (κ3) is 4.16. The Morgan fingerprint density at radius 3 is 3.17 bits per heavy atom. The van der Waals surface area contributed by atoms with Crippen molar-refractivity contribution in [2.24, 2.45) is 5.92 Å². The fraction of sp³-hybridized carbons (Fsp3) is 0.571. The summed E-state index contributed by atoms with van der Waals surface area (Å²) < 4.78 is 11.0. The SMILES string of the molecule is Cc1ccc(Cl)c(OCCNCC2CCOC2)c1. The predicted molar refractivity (Wildman–Crippen MR) is 73.5 cm³/mol. The maximum Gasteiger partial charge on any atom is 0.138 e. The summed E-state index contributed by atoms with van der Waals surface area (Å²) in [5.41, 5.74) is 1.16. The number of aryl methyl sites for hydroxylation is 1. The van der Waals surface area contributed by atoms with E-state index < -0.39 is 0 Å². The zero-order valence-corrected chi connectivity index (χ0v) is 11.5. The van der Waals surface area contributed by atoms with Crippen LogP contribution in [-0.2, 0) is 4.74 Å². The van der Waals surface area contributed by atoms with Crippen LogP contribution in [0.3, 0.4) is 0 Å². The highest BCUT2D eigenvalue weighted by atomic mass is 35.5. The summed E-state index contributed by atoms with van der Waals surface area (Å²) in [6.45, 7) is 6.29. The van der Waals surface area contributed by atoms with E-state index in [9.17, 15) is 0 Å². The quantitative estimate of drug-likeness (QED) is 0.806. The Balaban J connectivity index is 1.64. The van der Waals surface area contributed by atoms with Gasteiger partial charge >= 0.3 is 0 Å². The molecule has 0 aliphatic carbocycles. The molecule has 1 atom stereocenters. The zero-order chi connectivity index (χ0) is 12.8. The maximum absolute atomic E-state index is 6.05. The topological polar surface area (TPSA) is 30.5 Å². The lowest BCUT2D eigenvalue weighted by molar-refractivity contribution is 0.185. The van der Waals surface area contributed by atoms with Crippen molar-refractivity contribution in [1.82, 2.24) is 5.32 Å². The van der Waals surface area contributed by atoms with E-state index in [4.69, 9.17) is 21.1 Å². The number of rotatable bonds is 6. The van der Waals surface area contributed by atoms with Crippen molar-refractivity contribution < 1.29 is 9.47 Å². The van der Waals surface area contributed by atoms with Crippen LogP contribution in [0.1, 0.15) is 12.0 Å². The molecular formula is C14H20ClNO2. The predicted octanol–water partition coefficient (Wildman–Crippen LogP) is 2.65. The molecule has 100 valence electrons. The van der Waals surface area contributed by atoms with Crippen LogP contribution in [0, 0.1) is 12.8 Å². The van der Waals surface area contributed by atoms with Crippen molar-refractivity contribution in [1.29, 1.82) is 0 Å². The average molecular weight is 270 g/mol. The molecular weight excluding hydrogens is 250 g/mol. The zero-order valence-electron chi connectivity index (χ0n) is 10.7. The van der Waals surface area contributed by atoms with Gasteiger partial charge in [0, 0.05) is 19.7 Å². The van der Waals surface area contributed by atoms with Gasteiger partial charge in [-0.25, -0.2) is 0 Å². The van der Waals surface area contributed by atoms with Gasteiger partial charge in [-0.1, -0.05) is 17.7 Å². The molecule has 1 aromatic rings. The van der Waals surface area contributed by atoms with Gasteiger partial charge in [0.05, 0.1) is 11.6 Å². The Hall–Kier alpha value is -0.770. The monoisotopic (exact) mass is 269 g/mol. The highest BCUT2D eigenvalue weighted by Gasteiger charge is 2.14. The third-order valence-corrected chi connectivity index (χ3v) is 3.39. The Morgan fingerprint density at radius 2 is 2.39 bits per heavy atom. The minimum absolute atomic E-state index is 0.636. The molecule has 1 N–H and O–H groups in total. The van der Waals surface area contributed by atoms with Gasteiger partial charge in [-0.15, -0.1) is 0 Å². The molecule has 1 fully saturated rings. The van der Waals surface area contributed by atoms with Gasteiger partial charge in [-0.2, -0.15) is 0 Å². The first-order valence-corrected chi connectivity index (χ1v) is 6.81. The summed E-state index contributed by atoms with van der Waals surface area (Å²) in [5.74, 6) is 1.43. The van der Waals surface area contributed by atoms with Crippen molar-refractivity contribution in [3.8, 4) is 5.75 Å². The Morgan fingerprint density at radius 1 is 1.50 bits per heavy atom. The molecule has 0 saturated carbocycles. The van der Waals surface area contributed by atoms with Crippen LogP contribution in [0.25, 0.3) is 0 Å². The molecule has 4 heteroatoms. The van der Waals surface area contributed by atoms with Crippen LogP contribution in [-0.4, -0.2) is 32.9 Å². The summed E-state index contributed by atoms with van der Waals surface area (Å²) in [6.07, 6.45) is 1.16. The molecule has 0 aromatic heterocycles. The molecule has 0 radical (unpaired) electrons. The smallest absolute Gasteiger partial charge is 0.138 e. The molecule has 2 rings (SSSR count). The molecule has 0 amide bonds. The Bertz CT molecular complexity index is 378. The van der Waals surface area contributed by atoms with Gasteiger partial charge in [0.2, 0.25) is 0 Å². The van der Waals surface area contributed by atoms with Crippen molar-refractivity contribution in [3.05, 3.63) is 28.8 Å². The summed E-state index contributed by atoms with van der Waals surface area (Å²) in [7, 11) is 0. The van der Waals surface area contributed by atoms with E-state index in [1.807, 2.05) is 25.1 Å². The summed E-state index contributed by atoms with van der Waals surface area (Å²) in [5, 5.41) is 4.05. The highest BCUT2D eigenvalue weighted by molar-refractivity contribution is 6.32. The van der Waals surface area contributed by atoms with Gasteiger partial charge in [0.1, 0.15) is 12.4 Å². The van der Waals surface area contributed by atoms with Gasteiger partial charge < -0.3 is 14.8 Å². The molecule has 1 aliphatic rings. The number of nitrogens with one attached hydrogen (secondary N) is 1. The lowest BCUT2D eigenvalue weighted by atomic mass is 10.1. The van der Waals surface area contributed by atoms with E-state index in [-0.39, 0.29) is 0 Å². The fourth-order valence-electron chi connectivity index (χ4n) is 2.00. The lowest BCUT2D eigenvalue weighted by Gasteiger charge is -2.11. The number of ether oxygens (including phenoxy) is 2. The Labute approximate surface area is 113 Å². The number of hydrogen-bond acceptors (Lipinski definition) is 3. The van der Waals surface area contributed by atoms with Gasteiger partial charge in [0.15, 0.2) is 0 Å². The first kappa shape index (κ1) is 13.7. The molecule has 1 unspecified atom stereocenters. The van der Waals surface area contributed by atoms with Crippen LogP contribution < -0.4 is 10.1 Å². The first-order chi connectivity index (χ1) is 8.75. The molecule has 18 heavy (non-hydrogen) atoms. The summed E-state index contributed by atoms with van der Waals surface area (Å²) in [4.78, 5) is 0. The molecule has 3 nitrogen and oxygen atoms in total. The summed E-state index contributed by atoms with van der Waals surface area (Å²) in [6, 6.07) is 5.82. The van der Waals surface area contributed by atoms with E-state index in [1.165, 1.54) is 0 Å². The second-order valence-electron chi connectivity index (χ2n) is 4.72. The number of benzene rings is 1. The number of hydrogen-bond donors (Lipinski definition) is 1. The van der Waals surface area contributed by atoms with Crippen LogP contribution >= 0.6 is 11.6 Å². The minimum Gasteiger partial charge on any atom is -0.491 e. The second-order valence-corrected chi connectivity index (χ2v) is 5.12. The maximum atomic E-state index is 6.05. The van der Waals surface area contributed by atoms with Gasteiger partial charge in [-0.3, -0.25) is 0 Å². The van der Waals surface area contributed by atoms with Crippen LogP contribution in [0.4, 0.5) is 0 Å². The van der Waals surface area contributed by atoms with Crippen molar-refractivity contribution in [3.63, 3.8) is 0 Å². The molecule has 1 saturated heterocycles. The average Bonchev–Trinajstić information content (AvgIpc) is 2.86. The fourth-order valence-corrected chi connectivity index (χ4v) is 2.18. The van der Waals surface area contributed by atoms with E-state index in [0.29, 0.717) is 17.5 Å². The van der Waals surface area contributed by atoms with Gasteiger partial charge in [-0.05, 0) is 37.0 Å². The van der Waals surface area contributed by atoms with E-state index in [2.05, 4.69) is 5.32 Å². The van der Waals surface area contributed by atoms with Crippen LogP contribution in [0.2, 0.25) is 5.02 Å². The first-order valence-electron chi connectivity index (χ1n) is 6.43. The van der Waals surface area contributed by atoms with Crippen molar-refractivity contribution in [2.45, 2.75) is 13.3 Å². The highest BCUT2D eigenvalue weighted by Crippen LogP contribution is 2.24. The van der Waals surface area contributed by atoms with Gasteiger partial charge in [0.25, 0.3) is 0 Å². The molecule has 1 aromatic carbocycles. The Kier molecular flexibility index (Phi) is 5.29. The minimum atomic E-state index is 0.636. The second kappa shape index (κ2) is 6.98. The molecule has 1 aliphatic heterocycles. The van der Waals surface area contributed by atoms with E-state index >= 15 is 0 Å². The molecule has 0 spiro atoms. The molecule has 0 bridgehead atoms. The normalized spacial score (nSPS) is 19.1. The lowest BCUT2D eigenvalue weighted by Crippen LogP contribution is -2.27. The standard InChI is InChI=1S/C14H20ClNO2/c1-11-2-3-13(15)14(8-11)18-7-5-16-9-12-4-6-17-10-12/h2-3,8,12,16H,4-7,9-10H2,1H3. The van der Waals surface area contributed by atoms with E-state index in [1.54, 1.807) is 0 Å². The van der Waals surface area contributed by atoms with Crippen LogP contribution in [0.15, 0.2) is 18.2 Å². The largest absolute Gasteiger partial charge is 0.491 e. The van der Waals surface area contributed by atoms with Crippen LogP contribution in [0.5, 0.6) is 5.75 Å². The van der Waals surface area contributed by atoms with E-state index in [0.717, 1.165) is 44.0 Å². The number of halogens is 1. The molecule has 1 heterocycles. The van der Waals surface area contributed by atoms with Crippen molar-refractivity contribution in [2.75, 3.05) is 32.9 Å². The summed E-state index contributed by atoms with van der Waals surface area (Å²) >= 11 is 6.05.